The Morgan fingerprint density at radius 3 is 2.45 bits per heavy atom. The van der Waals surface area contributed by atoms with Crippen molar-refractivity contribution in [2.24, 2.45) is 4.99 Å². The second-order valence-electron chi connectivity index (χ2n) is 7.02. The maximum atomic E-state index is 13.1. The molecule has 5 nitrogen and oxygen atoms in total. The molecule has 1 aliphatic rings. The zero-order chi connectivity index (χ0) is 23.4. The van der Waals surface area contributed by atoms with Crippen LogP contribution in [0.1, 0.15) is 23.6 Å². The minimum absolute atomic E-state index is 0.183. The second-order valence-corrected chi connectivity index (χ2v) is 8.79. The van der Waals surface area contributed by atoms with Crippen molar-refractivity contribution in [3.05, 3.63) is 97.8 Å². The van der Waals surface area contributed by atoms with Gasteiger partial charge in [0.25, 0.3) is 0 Å². The number of hydrogen-bond donors (Lipinski definition) is 0. The van der Waals surface area contributed by atoms with Crippen LogP contribution in [0, 0.1) is 5.82 Å². The number of carbonyl (C=O) groups is 1. The average molecular weight is 575 g/mol. The maximum Gasteiger partial charge on any atom is 0.363 e. The number of hydrogen-bond acceptors (Lipinski definition) is 5. The fourth-order valence-electron chi connectivity index (χ4n) is 3.09. The van der Waals surface area contributed by atoms with Crippen molar-refractivity contribution < 1.29 is 23.4 Å². The zero-order valence-electron chi connectivity index (χ0n) is 17.5. The van der Waals surface area contributed by atoms with E-state index in [1.165, 1.54) is 12.1 Å². The highest BCUT2D eigenvalue weighted by Crippen LogP contribution is 2.38. The van der Waals surface area contributed by atoms with Crippen molar-refractivity contribution in [2.75, 3.05) is 6.61 Å². The van der Waals surface area contributed by atoms with Crippen LogP contribution >= 0.6 is 31.9 Å². The Hall–Kier alpha value is -2.97. The molecule has 0 aliphatic carbocycles. The molecule has 4 rings (SSSR count). The summed E-state index contributed by atoms with van der Waals surface area (Å²) in [5.41, 5.74) is 2.39. The molecular formula is C25H18Br2FNO4. The summed E-state index contributed by atoms with van der Waals surface area (Å²) in [5.74, 6) is 0.435. The van der Waals surface area contributed by atoms with Gasteiger partial charge < -0.3 is 14.2 Å². The lowest BCUT2D eigenvalue weighted by atomic mass is 10.1. The number of cyclic esters (lactones) is 1. The molecule has 168 valence electrons. The van der Waals surface area contributed by atoms with Crippen LogP contribution in [-0.2, 0) is 16.1 Å². The smallest absolute Gasteiger partial charge is 0.363 e. The first-order chi connectivity index (χ1) is 15.9. The number of ether oxygens (including phenoxy) is 3. The second kappa shape index (κ2) is 10.3. The lowest BCUT2D eigenvalue weighted by Crippen LogP contribution is -2.05. The first kappa shape index (κ1) is 23.2. The zero-order valence-corrected chi connectivity index (χ0v) is 20.7. The van der Waals surface area contributed by atoms with Gasteiger partial charge in [-0.05, 0) is 88.6 Å². The number of carbonyl (C=O) groups excluding carboxylic acids is 1. The summed E-state index contributed by atoms with van der Waals surface area (Å²) in [6.07, 6.45) is 1.63. The molecule has 1 heterocycles. The minimum atomic E-state index is -0.529. The van der Waals surface area contributed by atoms with Crippen LogP contribution in [0.3, 0.4) is 0 Å². The highest BCUT2D eigenvalue weighted by atomic mass is 79.9. The van der Waals surface area contributed by atoms with Crippen molar-refractivity contribution in [2.45, 2.75) is 13.5 Å². The molecule has 1 aliphatic heterocycles. The van der Waals surface area contributed by atoms with E-state index >= 15 is 0 Å². The van der Waals surface area contributed by atoms with Gasteiger partial charge in [-0.1, -0.05) is 28.1 Å². The van der Waals surface area contributed by atoms with Gasteiger partial charge in [0, 0.05) is 10.0 Å². The highest BCUT2D eigenvalue weighted by Gasteiger charge is 2.24. The molecule has 0 N–H and O–H groups in total. The maximum absolute atomic E-state index is 13.1. The molecular weight excluding hydrogens is 557 g/mol. The summed E-state index contributed by atoms with van der Waals surface area (Å²) in [7, 11) is 0. The molecule has 0 saturated carbocycles. The van der Waals surface area contributed by atoms with Crippen molar-refractivity contribution in [1.82, 2.24) is 0 Å². The molecule has 0 amide bonds. The summed E-state index contributed by atoms with van der Waals surface area (Å²) in [6, 6.07) is 17.0. The van der Waals surface area contributed by atoms with Gasteiger partial charge in [0.05, 0.1) is 11.1 Å². The van der Waals surface area contributed by atoms with Crippen LogP contribution in [0.5, 0.6) is 11.5 Å². The lowest BCUT2D eigenvalue weighted by molar-refractivity contribution is -0.129. The molecule has 0 radical (unpaired) electrons. The average Bonchev–Trinajstić information content (AvgIpc) is 3.15. The van der Waals surface area contributed by atoms with Crippen LogP contribution in [0.25, 0.3) is 6.08 Å². The Bertz CT molecular complexity index is 1240. The van der Waals surface area contributed by atoms with Gasteiger partial charge in [-0.2, -0.15) is 0 Å². The molecule has 0 aromatic heterocycles. The molecule has 3 aromatic rings. The van der Waals surface area contributed by atoms with E-state index in [1.54, 1.807) is 30.3 Å². The third-order valence-corrected chi connectivity index (χ3v) is 5.76. The Morgan fingerprint density at radius 2 is 1.76 bits per heavy atom. The number of esters is 1. The molecule has 0 unspecified atom stereocenters. The highest BCUT2D eigenvalue weighted by molar-refractivity contribution is 9.10. The van der Waals surface area contributed by atoms with E-state index in [9.17, 15) is 9.18 Å². The summed E-state index contributed by atoms with van der Waals surface area (Å²) in [5, 5.41) is 0. The van der Waals surface area contributed by atoms with Crippen molar-refractivity contribution in [1.29, 1.82) is 0 Å². The van der Waals surface area contributed by atoms with E-state index in [0.29, 0.717) is 33.7 Å². The van der Waals surface area contributed by atoms with Crippen molar-refractivity contribution in [3.63, 3.8) is 0 Å². The van der Waals surface area contributed by atoms with Gasteiger partial charge in [0.1, 0.15) is 12.4 Å². The quantitative estimate of drug-likeness (QED) is 0.233. The minimum Gasteiger partial charge on any atom is -0.490 e. The largest absolute Gasteiger partial charge is 0.490 e. The topological polar surface area (TPSA) is 57.1 Å². The fraction of sp³-hybridized carbons (Fsp3) is 0.120. The Morgan fingerprint density at radius 1 is 1.03 bits per heavy atom. The SMILES string of the molecule is CCOc1cc(/C=C2\N=C(c3ccc(Br)cc3)OC2=O)cc(Br)c1OCc1ccc(F)cc1. The molecule has 0 saturated heterocycles. The van der Waals surface area contributed by atoms with Gasteiger partial charge in [0.15, 0.2) is 17.2 Å². The molecule has 0 spiro atoms. The lowest BCUT2D eigenvalue weighted by Gasteiger charge is -2.15. The van der Waals surface area contributed by atoms with Gasteiger partial charge in [-0.25, -0.2) is 14.2 Å². The van der Waals surface area contributed by atoms with E-state index in [-0.39, 0.29) is 24.0 Å². The summed E-state index contributed by atoms with van der Waals surface area (Å²) in [4.78, 5) is 16.7. The molecule has 33 heavy (non-hydrogen) atoms. The Labute approximate surface area is 207 Å². The van der Waals surface area contributed by atoms with E-state index in [4.69, 9.17) is 14.2 Å². The summed E-state index contributed by atoms with van der Waals surface area (Å²) >= 11 is 6.90. The first-order valence-electron chi connectivity index (χ1n) is 10.0. The van der Waals surface area contributed by atoms with Gasteiger partial charge in [0.2, 0.25) is 5.90 Å². The van der Waals surface area contributed by atoms with Gasteiger partial charge >= 0.3 is 5.97 Å². The molecule has 8 heteroatoms. The van der Waals surface area contributed by atoms with Crippen LogP contribution < -0.4 is 9.47 Å². The normalized spacial score (nSPS) is 14.2. The first-order valence-corrected chi connectivity index (χ1v) is 11.6. The molecule has 0 bridgehead atoms. The predicted octanol–water partition coefficient (Wildman–Crippen LogP) is 6.67. The number of aliphatic imine (C=N–C) groups is 1. The molecule has 0 atom stereocenters. The van der Waals surface area contributed by atoms with E-state index in [2.05, 4.69) is 36.9 Å². The van der Waals surface area contributed by atoms with E-state index in [0.717, 1.165) is 10.0 Å². The fourth-order valence-corrected chi connectivity index (χ4v) is 3.93. The summed E-state index contributed by atoms with van der Waals surface area (Å²) in [6.45, 7) is 2.53. The van der Waals surface area contributed by atoms with Crippen LogP contribution in [0.15, 0.2) is 80.3 Å². The molecule has 3 aromatic carbocycles. The number of rotatable bonds is 7. The standard InChI is InChI=1S/C25H18Br2FNO4/c1-2-31-22-13-16(11-20(27)23(22)32-14-15-3-9-19(28)10-4-15)12-21-25(30)33-24(29-21)17-5-7-18(26)8-6-17/h3-13H,2,14H2,1H3/b21-12-. The monoisotopic (exact) mass is 573 g/mol. The van der Waals surface area contributed by atoms with E-state index in [1.807, 2.05) is 31.2 Å². The number of halogens is 3. The Kier molecular flexibility index (Phi) is 7.25. The van der Waals surface area contributed by atoms with Crippen LogP contribution in [-0.4, -0.2) is 18.5 Å². The van der Waals surface area contributed by atoms with Crippen molar-refractivity contribution >= 4 is 49.8 Å². The van der Waals surface area contributed by atoms with Gasteiger partial charge in [-0.3, -0.25) is 0 Å². The third kappa shape index (κ3) is 5.69. The third-order valence-electron chi connectivity index (χ3n) is 4.64. The van der Waals surface area contributed by atoms with Crippen molar-refractivity contribution in [3.8, 4) is 11.5 Å². The van der Waals surface area contributed by atoms with Gasteiger partial charge in [-0.15, -0.1) is 0 Å². The van der Waals surface area contributed by atoms with E-state index < -0.39 is 5.97 Å². The van der Waals surface area contributed by atoms with Crippen LogP contribution in [0.4, 0.5) is 4.39 Å². The van der Waals surface area contributed by atoms with Crippen LogP contribution in [0.2, 0.25) is 0 Å². The number of nitrogens with zero attached hydrogens (tertiary/aromatic N) is 1. The molecule has 0 fully saturated rings. The predicted molar refractivity (Wildman–Crippen MR) is 131 cm³/mol. The summed E-state index contributed by atoms with van der Waals surface area (Å²) < 4.78 is 31.7. The number of benzene rings is 3. The Balaban J connectivity index is 1.60.